The van der Waals surface area contributed by atoms with Crippen LogP contribution in [0.3, 0.4) is 0 Å². The molecule has 2 heterocycles. The summed E-state index contributed by atoms with van der Waals surface area (Å²) in [6.07, 6.45) is -0.145. The van der Waals surface area contributed by atoms with Crippen LogP contribution in [0, 0.1) is 0 Å². The number of ether oxygens (including phenoxy) is 1. The predicted molar refractivity (Wildman–Crippen MR) is 101 cm³/mol. The number of alkyl carbamates (subject to hydrolysis) is 1. The molecule has 2 amide bonds. The van der Waals surface area contributed by atoms with Crippen molar-refractivity contribution in [2.24, 2.45) is 4.99 Å². The van der Waals surface area contributed by atoms with E-state index in [0.29, 0.717) is 25.3 Å². The Morgan fingerprint density at radius 3 is 2.70 bits per heavy atom. The molecule has 0 fully saturated rings. The van der Waals surface area contributed by atoms with Crippen molar-refractivity contribution in [2.75, 3.05) is 7.11 Å². The first-order valence-corrected chi connectivity index (χ1v) is 8.95. The maximum absolute atomic E-state index is 12.7. The number of fused-ring (bicyclic) bond motifs is 2. The van der Waals surface area contributed by atoms with Gasteiger partial charge in [0.2, 0.25) is 5.91 Å². The second kappa shape index (κ2) is 6.87. The summed E-state index contributed by atoms with van der Waals surface area (Å²) in [4.78, 5) is 30.6. The van der Waals surface area contributed by atoms with E-state index in [1.807, 2.05) is 47.4 Å². The summed E-state index contributed by atoms with van der Waals surface area (Å²) < 4.78 is 4.67. The number of aliphatic imine (C=N–C) groups is 1. The zero-order chi connectivity index (χ0) is 19.0. The monoisotopic (exact) mass is 363 g/mol. The fourth-order valence-corrected chi connectivity index (χ4v) is 3.71. The number of benzene rings is 2. The highest BCUT2D eigenvalue weighted by Crippen LogP contribution is 2.31. The molecule has 2 aliphatic rings. The number of hydrogen-bond acceptors (Lipinski definition) is 4. The van der Waals surface area contributed by atoms with E-state index in [4.69, 9.17) is 0 Å². The van der Waals surface area contributed by atoms with Crippen molar-refractivity contribution < 1.29 is 14.3 Å². The van der Waals surface area contributed by atoms with E-state index >= 15 is 0 Å². The molecule has 138 valence electrons. The van der Waals surface area contributed by atoms with Crippen molar-refractivity contribution in [2.45, 2.75) is 32.5 Å². The van der Waals surface area contributed by atoms with Crippen LogP contribution in [-0.2, 0) is 29.0 Å². The maximum atomic E-state index is 12.7. The Morgan fingerprint density at radius 2 is 1.96 bits per heavy atom. The molecule has 0 bridgehead atoms. The lowest BCUT2D eigenvalue weighted by atomic mass is 9.92. The molecule has 6 heteroatoms. The fraction of sp³-hybridized carbons (Fsp3) is 0.286. The van der Waals surface area contributed by atoms with E-state index < -0.39 is 6.09 Å². The minimum atomic E-state index is -0.533. The lowest BCUT2D eigenvalue weighted by molar-refractivity contribution is -0.134. The first-order chi connectivity index (χ1) is 13.1. The largest absolute Gasteiger partial charge is 0.453 e. The van der Waals surface area contributed by atoms with Gasteiger partial charge in [-0.1, -0.05) is 36.4 Å². The summed E-state index contributed by atoms with van der Waals surface area (Å²) in [5, 5.41) is 2.67. The second-order valence-electron chi connectivity index (χ2n) is 6.84. The SMILES string of the molecule is COC(=O)NC1=NCc2cc3c(cc21)CN([C@H](C)c1ccccc1)C(=O)C3. The van der Waals surface area contributed by atoms with Gasteiger partial charge in [-0.3, -0.25) is 15.1 Å². The van der Waals surface area contributed by atoms with Crippen LogP contribution in [0.25, 0.3) is 0 Å². The number of methoxy groups -OCH3 is 1. The Bertz CT molecular complexity index is 937. The first-order valence-electron chi connectivity index (χ1n) is 8.95. The first kappa shape index (κ1) is 17.3. The van der Waals surface area contributed by atoms with Crippen molar-refractivity contribution in [3.8, 4) is 0 Å². The molecule has 0 radical (unpaired) electrons. The number of rotatable bonds is 2. The fourth-order valence-electron chi connectivity index (χ4n) is 3.71. The van der Waals surface area contributed by atoms with E-state index in [1.54, 1.807) is 0 Å². The third-order valence-corrected chi connectivity index (χ3v) is 5.25. The van der Waals surface area contributed by atoms with Gasteiger partial charge in [0.1, 0.15) is 5.84 Å². The van der Waals surface area contributed by atoms with Crippen LogP contribution in [0.2, 0.25) is 0 Å². The molecule has 1 atom stereocenters. The van der Waals surface area contributed by atoms with Gasteiger partial charge < -0.3 is 9.64 Å². The van der Waals surface area contributed by atoms with Crippen molar-refractivity contribution in [1.29, 1.82) is 0 Å². The molecule has 2 aliphatic heterocycles. The maximum Gasteiger partial charge on any atom is 0.412 e. The summed E-state index contributed by atoms with van der Waals surface area (Å²) in [5.74, 6) is 0.657. The van der Waals surface area contributed by atoms with Crippen LogP contribution in [0.15, 0.2) is 47.5 Å². The summed E-state index contributed by atoms with van der Waals surface area (Å²) in [6, 6.07) is 14.1. The van der Waals surface area contributed by atoms with Gasteiger partial charge in [0.25, 0.3) is 0 Å². The number of carbonyl (C=O) groups is 2. The van der Waals surface area contributed by atoms with Crippen LogP contribution in [-0.4, -0.2) is 29.8 Å². The average Bonchev–Trinajstić information content (AvgIpc) is 3.07. The Labute approximate surface area is 157 Å². The second-order valence-corrected chi connectivity index (χ2v) is 6.84. The molecular formula is C21H21N3O3. The summed E-state index contributed by atoms with van der Waals surface area (Å²) >= 11 is 0. The van der Waals surface area contributed by atoms with Gasteiger partial charge in [-0.15, -0.1) is 0 Å². The third kappa shape index (κ3) is 3.18. The van der Waals surface area contributed by atoms with E-state index in [0.717, 1.165) is 27.8 Å². The molecule has 2 aromatic rings. The Hall–Kier alpha value is -3.15. The molecule has 27 heavy (non-hydrogen) atoms. The molecule has 1 N–H and O–H groups in total. The molecule has 0 saturated heterocycles. The zero-order valence-electron chi connectivity index (χ0n) is 15.4. The summed E-state index contributed by atoms with van der Waals surface area (Å²) in [7, 11) is 1.33. The lowest BCUT2D eigenvalue weighted by Gasteiger charge is -2.34. The number of carbonyl (C=O) groups excluding carboxylic acids is 2. The van der Waals surface area contributed by atoms with Gasteiger partial charge in [-0.05, 0) is 35.2 Å². The van der Waals surface area contributed by atoms with E-state index in [2.05, 4.69) is 22.0 Å². The van der Waals surface area contributed by atoms with E-state index in [9.17, 15) is 9.59 Å². The summed E-state index contributed by atoms with van der Waals surface area (Å²) in [5.41, 5.74) is 5.19. The van der Waals surface area contributed by atoms with Crippen LogP contribution in [0.1, 0.15) is 40.8 Å². The van der Waals surface area contributed by atoms with Gasteiger partial charge in [0.15, 0.2) is 0 Å². The van der Waals surface area contributed by atoms with Crippen LogP contribution in [0.4, 0.5) is 4.79 Å². The smallest absolute Gasteiger partial charge is 0.412 e. The number of amidine groups is 1. The van der Waals surface area contributed by atoms with Gasteiger partial charge >= 0.3 is 6.09 Å². The van der Waals surface area contributed by atoms with Crippen LogP contribution < -0.4 is 5.32 Å². The number of amides is 2. The third-order valence-electron chi connectivity index (χ3n) is 5.25. The van der Waals surface area contributed by atoms with Crippen molar-refractivity contribution in [3.05, 3.63) is 70.3 Å². The minimum absolute atomic E-state index is 0.00133. The topological polar surface area (TPSA) is 71.0 Å². The normalized spacial score (nSPS) is 16.3. The van der Waals surface area contributed by atoms with Crippen molar-refractivity contribution in [1.82, 2.24) is 10.2 Å². The van der Waals surface area contributed by atoms with Gasteiger partial charge in [0, 0.05) is 12.1 Å². The Kier molecular flexibility index (Phi) is 4.39. The van der Waals surface area contributed by atoms with Crippen molar-refractivity contribution >= 4 is 17.8 Å². The molecule has 0 aromatic heterocycles. The summed E-state index contributed by atoms with van der Waals surface area (Å²) in [6.45, 7) is 3.10. The molecule has 4 rings (SSSR count). The molecule has 0 unspecified atom stereocenters. The molecule has 2 aromatic carbocycles. The Balaban J connectivity index is 1.62. The highest BCUT2D eigenvalue weighted by Gasteiger charge is 2.30. The quantitative estimate of drug-likeness (QED) is 0.892. The molecule has 0 saturated carbocycles. The van der Waals surface area contributed by atoms with Gasteiger partial charge in [-0.2, -0.15) is 0 Å². The van der Waals surface area contributed by atoms with Crippen molar-refractivity contribution in [3.63, 3.8) is 0 Å². The molecular weight excluding hydrogens is 342 g/mol. The van der Waals surface area contributed by atoms with E-state index in [1.165, 1.54) is 7.11 Å². The van der Waals surface area contributed by atoms with Crippen LogP contribution >= 0.6 is 0 Å². The standard InChI is InChI=1S/C21H21N3O3/c1-13(14-6-4-3-5-7-14)24-12-17-9-18-16(8-15(17)10-19(24)25)11-22-20(18)23-21(26)27-2/h3-9,13H,10-12H2,1-2H3,(H,22,23,26)/t13-/m1/s1. The minimum Gasteiger partial charge on any atom is -0.453 e. The predicted octanol–water partition coefficient (Wildman–Crippen LogP) is 2.95. The molecule has 6 nitrogen and oxygen atoms in total. The average molecular weight is 363 g/mol. The molecule has 0 aliphatic carbocycles. The number of hydrogen-bond donors (Lipinski definition) is 1. The molecule has 0 spiro atoms. The number of nitrogens with one attached hydrogen (secondary N) is 1. The van der Waals surface area contributed by atoms with Gasteiger partial charge in [0.05, 0.1) is 26.1 Å². The van der Waals surface area contributed by atoms with Crippen LogP contribution in [0.5, 0.6) is 0 Å². The van der Waals surface area contributed by atoms with E-state index in [-0.39, 0.29) is 11.9 Å². The Morgan fingerprint density at radius 1 is 1.19 bits per heavy atom. The van der Waals surface area contributed by atoms with Gasteiger partial charge in [-0.25, -0.2) is 4.79 Å². The highest BCUT2D eigenvalue weighted by atomic mass is 16.5. The number of nitrogens with zero attached hydrogens (tertiary/aromatic N) is 2. The zero-order valence-corrected chi connectivity index (χ0v) is 15.4. The highest BCUT2D eigenvalue weighted by molar-refractivity contribution is 6.09. The lowest BCUT2D eigenvalue weighted by Crippen LogP contribution is -2.38.